The molecule has 166 valence electrons. The molecule has 1 unspecified atom stereocenters. The van der Waals surface area contributed by atoms with Crippen molar-refractivity contribution in [1.82, 2.24) is 0 Å². The third-order valence-electron chi connectivity index (χ3n) is 10.6. The Bertz CT molecular complexity index is 804. The molecule has 0 amide bonds. The second kappa shape index (κ2) is 7.43. The lowest BCUT2D eigenvalue weighted by atomic mass is 9.41. The smallest absolute Gasteiger partial charge is 0.121 e. The van der Waals surface area contributed by atoms with E-state index in [4.69, 9.17) is 16.3 Å². The molecule has 0 N–H and O–H groups in total. The topological polar surface area (TPSA) is 9.23 Å². The number of halogens is 1. The molecule has 30 heavy (non-hydrogen) atoms. The van der Waals surface area contributed by atoms with Gasteiger partial charge in [-0.05, 0) is 97.1 Å². The summed E-state index contributed by atoms with van der Waals surface area (Å²) in [5.41, 5.74) is 2.14. The van der Waals surface area contributed by atoms with Gasteiger partial charge in [0.15, 0.2) is 0 Å². The average molecular weight is 429 g/mol. The van der Waals surface area contributed by atoms with Crippen LogP contribution in [0.5, 0.6) is 5.75 Å². The van der Waals surface area contributed by atoms with Gasteiger partial charge in [-0.15, -0.1) is 0 Å². The first-order valence-electron chi connectivity index (χ1n) is 12.7. The second-order valence-corrected chi connectivity index (χ2v) is 12.5. The van der Waals surface area contributed by atoms with Crippen molar-refractivity contribution >= 4 is 11.6 Å². The molecule has 0 aromatic heterocycles. The standard InChI is InChI=1S/C28H41ClO/c1-17-10-11-20(16-23(17)29)30-26-19(3)24-21-9-7-13-27(21,4)15-12-22(24)28(5)14-6-8-18(2)25(26)28/h10-11,16,18-19,21-22,24-26H,6-9,12-15H2,1-5H3/t18?,19-,21+,22+,24+,25-,26-,27+,28-/m1/s1. The normalized spacial score (nSPS) is 47.9. The Morgan fingerprint density at radius 3 is 2.50 bits per heavy atom. The molecule has 0 radical (unpaired) electrons. The first-order chi connectivity index (χ1) is 14.2. The number of benzene rings is 1. The van der Waals surface area contributed by atoms with Crippen molar-refractivity contribution in [3.63, 3.8) is 0 Å². The Hall–Kier alpha value is -0.690. The average Bonchev–Trinajstić information content (AvgIpc) is 3.09. The number of fused-ring (bicyclic) bond motifs is 5. The van der Waals surface area contributed by atoms with E-state index in [1.165, 1.54) is 51.4 Å². The Labute approximate surface area is 189 Å². The fourth-order valence-electron chi connectivity index (χ4n) is 9.15. The summed E-state index contributed by atoms with van der Waals surface area (Å²) in [5, 5.41) is 0.828. The molecule has 9 atom stereocenters. The van der Waals surface area contributed by atoms with E-state index in [-0.39, 0.29) is 0 Å². The van der Waals surface area contributed by atoms with E-state index in [1.807, 2.05) is 0 Å². The van der Waals surface area contributed by atoms with Crippen LogP contribution in [0.2, 0.25) is 5.02 Å². The van der Waals surface area contributed by atoms with Gasteiger partial charge in [-0.3, -0.25) is 0 Å². The predicted molar refractivity (Wildman–Crippen MR) is 126 cm³/mol. The van der Waals surface area contributed by atoms with Crippen LogP contribution in [0.4, 0.5) is 0 Å². The van der Waals surface area contributed by atoms with E-state index >= 15 is 0 Å². The van der Waals surface area contributed by atoms with Gasteiger partial charge in [0.25, 0.3) is 0 Å². The first kappa shape index (κ1) is 21.2. The molecule has 4 aliphatic carbocycles. The number of hydrogen-bond donors (Lipinski definition) is 0. The fraction of sp³-hybridized carbons (Fsp3) is 0.786. The van der Waals surface area contributed by atoms with Crippen molar-refractivity contribution in [2.75, 3.05) is 0 Å². The molecule has 1 aromatic carbocycles. The summed E-state index contributed by atoms with van der Waals surface area (Å²) >= 11 is 6.48. The molecule has 0 bridgehead atoms. The van der Waals surface area contributed by atoms with Gasteiger partial charge in [-0.25, -0.2) is 0 Å². The summed E-state index contributed by atoms with van der Waals surface area (Å²) in [6, 6.07) is 6.32. The van der Waals surface area contributed by atoms with Crippen molar-refractivity contribution in [2.45, 2.75) is 92.1 Å². The zero-order valence-electron chi connectivity index (χ0n) is 19.7. The summed E-state index contributed by atoms with van der Waals surface area (Å²) in [7, 11) is 0. The maximum absolute atomic E-state index is 6.95. The fourth-order valence-corrected chi connectivity index (χ4v) is 9.32. The number of ether oxygens (including phenoxy) is 1. The van der Waals surface area contributed by atoms with Crippen LogP contribution < -0.4 is 4.74 Å². The highest BCUT2D eigenvalue weighted by Crippen LogP contribution is 2.68. The minimum absolute atomic E-state index is 0.313. The third kappa shape index (κ3) is 3.08. The quantitative estimate of drug-likeness (QED) is 0.460. The first-order valence-corrected chi connectivity index (χ1v) is 13.1. The third-order valence-corrected chi connectivity index (χ3v) is 11.0. The van der Waals surface area contributed by atoms with Crippen LogP contribution in [-0.4, -0.2) is 6.10 Å². The van der Waals surface area contributed by atoms with Crippen molar-refractivity contribution in [3.8, 4) is 5.75 Å². The number of aryl methyl sites for hydroxylation is 1. The molecular formula is C28H41ClO. The zero-order chi connectivity index (χ0) is 21.3. The molecule has 0 saturated heterocycles. The molecule has 1 nitrogen and oxygen atoms in total. The summed E-state index contributed by atoms with van der Waals surface area (Å²) in [6.45, 7) is 12.4. The minimum atomic E-state index is 0.313. The highest BCUT2D eigenvalue weighted by atomic mass is 35.5. The summed E-state index contributed by atoms with van der Waals surface area (Å²) < 4.78 is 6.95. The van der Waals surface area contributed by atoms with Crippen LogP contribution in [0.15, 0.2) is 18.2 Å². The van der Waals surface area contributed by atoms with Gasteiger partial charge in [0.05, 0.1) is 0 Å². The predicted octanol–water partition coefficient (Wildman–Crippen LogP) is 8.32. The van der Waals surface area contributed by atoms with Crippen molar-refractivity contribution in [3.05, 3.63) is 28.8 Å². The van der Waals surface area contributed by atoms with Crippen LogP contribution in [0, 0.1) is 53.3 Å². The van der Waals surface area contributed by atoms with Gasteiger partial charge in [-0.1, -0.05) is 64.6 Å². The Kier molecular flexibility index (Phi) is 5.24. The Morgan fingerprint density at radius 2 is 1.73 bits per heavy atom. The largest absolute Gasteiger partial charge is 0.490 e. The zero-order valence-corrected chi connectivity index (χ0v) is 20.5. The van der Waals surface area contributed by atoms with Gasteiger partial charge in [-0.2, -0.15) is 0 Å². The lowest BCUT2D eigenvalue weighted by molar-refractivity contribution is -0.189. The van der Waals surface area contributed by atoms with E-state index in [0.717, 1.165) is 40.0 Å². The van der Waals surface area contributed by atoms with Crippen LogP contribution in [0.1, 0.15) is 84.6 Å². The molecule has 0 spiro atoms. The number of hydrogen-bond acceptors (Lipinski definition) is 1. The van der Waals surface area contributed by atoms with Crippen molar-refractivity contribution in [1.29, 1.82) is 0 Å². The van der Waals surface area contributed by atoms with E-state index in [2.05, 4.69) is 52.8 Å². The van der Waals surface area contributed by atoms with E-state index < -0.39 is 0 Å². The molecule has 4 fully saturated rings. The molecule has 0 aliphatic heterocycles. The Balaban J connectivity index is 1.55. The second-order valence-electron chi connectivity index (χ2n) is 12.1. The molecule has 4 saturated carbocycles. The van der Waals surface area contributed by atoms with Gasteiger partial charge in [0.1, 0.15) is 11.9 Å². The molecule has 1 aromatic rings. The van der Waals surface area contributed by atoms with Gasteiger partial charge >= 0.3 is 0 Å². The Morgan fingerprint density at radius 1 is 0.967 bits per heavy atom. The summed E-state index contributed by atoms with van der Waals surface area (Å²) in [4.78, 5) is 0. The SMILES string of the molecule is Cc1ccc(O[C@@H]2[C@H](C)[C@H]3[C@@H]4CCC[C@@]4(C)CC[C@@H]3[C@@]3(C)CCCC(C)[C@H]23)cc1Cl. The molecule has 4 aliphatic rings. The van der Waals surface area contributed by atoms with Gasteiger partial charge in [0.2, 0.25) is 0 Å². The van der Waals surface area contributed by atoms with E-state index in [0.29, 0.717) is 28.8 Å². The molecule has 0 heterocycles. The maximum atomic E-state index is 6.95. The number of rotatable bonds is 2. The molecule has 2 heteroatoms. The van der Waals surface area contributed by atoms with Crippen LogP contribution in [0.25, 0.3) is 0 Å². The summed E-state index contributed by atoms with van der Waals surface area (Å²) in [6.07, 6.45) is 11.7. The lowest BCUT2D eigenvalue weighted by Crippen LogP contribution is -2.63. The monoisotopic (exact) mass is 428 g/mol. The highest BCUT2D eigenvalue weighted by molar-refractivity contribution is 6.31. The molecular weight excluding hydrogens is 388 g/mol. The lowest BCUT2D eigenvalue weighted by Gasteiger charge is -2.65. The summed E-state index contributed by atoms with van der Waals surface area (Å²) in [5.74, 6) is 5.61. The van der Waals surface area contributed by atoms with Crippen molar-refractivity contribution < 1.29 is 4.74 Å². The van der Waals surface area contributed by atoms with Crippen molar-refractivity contribution in [2.24, 2.45) is 46.3 Å². The minimum Gasteiger partial charge on any atom is -0.490 e. The van der Waals surface area contributed by atoms with E-state index in [9.17, 15) is 0 Å². The maximum Gasteiger partial charge on any atom is 0.121 e. The highest BCUT2D eigenvalue weighted by Gasteiger charge is 2.63. The van der Waals surface area contributed by atoms with Gasteiger partial charge in [0, 0.05) is 10.9 Å². The van der Waals surface area contributed by atoms with Crippen LogP contribution >= 0.6 is 11.6 Å². The van der Waals surface area contributed by atoms with Gasteiger partial charge < -0.3 is 4.74 Å². The molecule has 5 rings (SSSR count). The van der Waals surface area contributed by atoms with E-state index in [1.54, 1.807) is 0 Å². The van der Waals surface area contributed by atoms with Crippen LogP contribution in [0.3, 0.4) is 0 Å². The van der Waals surface area contributed by atoms with Crippen LogP contribution in [-0.2, 0) is 0 Å².